The molecule has 8 heteroatoms. The molecule has 0 aliphatic rings. The summed E-state index contributed by atoms with van der Waals surface area (Å²) in [6.45, 7) is 0. The zero-order valence-electron chi connectivity index (χ0n) is 14.6. The summed E-state index contributed by atoms with van der Waals surface area (Å²) >= 11 is 0. The highest BCUT2D eigenvalue weighted by Crippen LogP contribution is 2.34. The van der Waals surface area contributed by atoms with Gasteiger partial charge in [0, 0.05) is 0 Å². The van der Waals surface area contributed by atoms with Crippen molar-refractivity contribution < 1.29 is 23.6 Å². The van der Waals surface area contributed by atoms with E-state index in [1.54, 1.807) is 30.3 Å². The topological polar surface area (TPSA) is 104 Å². The molecule has 0 bridgehead atoms. The van der Waals surface area contributed by atoms with Crippen molar-refractivity contribution in [3.8, 4) is 22.8 Å². The number of ether oxygens (including phenoxy) is 2. The van der Waals surface area contributed by atoms with Crippen LogP contribution in [0, 0.1) is 10.1 Å². The monoisotopic (exact) mass is 368 g/mol. The summed E-state index contributed by atoms with van der Waals surface area (Å²) in [5, 5.41) is 14.0. The van der Waals surface area contributed by atoms with Crippen molar-refractivity contribution in [1.82, 2.24) is 0 Å². The maximum absolute atomic E-state index is 12.4. The number of nitrogens with zero attached hydrogens (tertiary/aromatic N) is 1. The van der Waals surface area contributed by atoms with E-state index in [9.17, 15) is 14.9 Å². The van der Waals surface area contributed by atoms with Gasteiger partial charge in [0.2, 0.25) is 0 Å². The van der Waals surface area contributed by atoms with Crippen LogP contribution in [0.25, 0.3) is 11.3 Å². The first-order chi connectivity index (χ1) is 13.0. The van der Waals surface area contributed by atoms with Crippen LogP contribution in [-0.2, 0) is 0 Å². The molecule has 0 aliphatic heterocycles. The number of furan rings is 1. The fraction of sp³-hybridized carbons (Fsp3) is 0.105. The zero-order chi connectivity index (χ0) is 19.4. The highest BCUT2D eigenvalue weighted by atomic mass is 16.6. The normalized spacial score (nSPS) is 10.3. The summed E-state index contributed by atoms with van der Waals surface area (Å²) in [5.74, 6) is 0.576. The first kappa shape index (κ1) is 18.0. The second kappa shape index (κ2) is 7.61. The Bertz CT molecular complexity index is 995. The first-order valence-corrected chi connectivity index (χ1v) is 7.90. The average molecular weight is 368 g/mol. The minimum absolute atomic E-state index is 0.0148. The predicted molar refractivity (Wildman–Crippen MR) is 98.3 cm³/mol. The molecule has 138 valence electrons. The van der Waals surface area contributed by atoms with Crippen LogP contribution in [0.15, 0.2) is 59.0 Å². The summed E-state index contributed by atoms with van der Waals surface area (Å²) in [4.78, 5) is 23.2. The molecule has 0 unspecified atom stereocenters. The number of nitrogens with one attached hydrogen (secondary N) is 1. The highest BCUT2D eigenvalue weighted by molar-refractivity contribution is 6.03. The van der Waals surface area contributed by atoms with E-state index in [-0.39, 0.29) is 22.8 Å². The SMILES string of the molecule is COc1ccc(-c2ccc(C(=O)Nc3ccccc3OC)o2)c([N+](=O)[O-])c1. The fourth-order valence-corrected chi connectivity index (χ4v) is 2.53. The Balaban J connectivity index is 1.89. The van der Waals surface area contributed by atoms with Crippen LogP contribution in [0.5, 0.6) is 11.5 Å². The molecule has 1 amide bonds. The number of rotatable bonds is 6. The van der Waals surface area contributed by atoms with Crippen LogP contribution in [0.4, 0.5) is 11.4 Å². The van der Waals surface area contributed by atoms with E-state index in [4.69, 9.17) is 13.9 Å². The van der Waals surface area contributed by atoms with Gasteiger partial charge in [0.05, 0.1) is 36.5 Å². The van der Waals surface area contributed by atoms with Gasteiger partial charge < -0.3 is 19.2 Å². The van der Waals surface area contributed by atoms with Crippen LogP contribution >= 0.6 is 0 Å². The summed E-state index contributed by atoms with van der Waals surface area (Å²) in [5.41, 5.74) is 0.552. The molecular formula is C19H16N2O6. The van der Waals surface area contributed by atoms with Crippen LogP contribution in [0.2, 0.25) is 0 Å². The van der Waals surface area contributed by atoms with Crippen LogP contribution in [0.1, 0.15) is 10.6 Å². The minimum Gasteiger partial charge on any atom is -0.497 e. The number of para-hydroxylation sites is 2. The molecule has 1 aromatic heterocycles. The Morgan fingerprint density at radius 1 is 1.07 bits per heavy atom. The molecule has 0 aliphatic carbocycles. The minimum atomic E-state index is -0.533. The summed E-state index contributed by atoms with van der Waals surface area (Å²) in [6.07, 6.45) is 0. The predicted octanol–water partition coefficient (Wildman–Crippen LogP) is 4.12. The third-order valence-electron chi connectivity index (χ3n) is 3.85. The maximum atomic E-state index is 12.4. The lowest BCUT2D eigenvalue weighted by molar-refractivity contribution is -0.384. The zero-order valence-corrected chi connectivity index (χ0v) is 14.6. The molecule has 1 heterocycles. The fourth-order valence-electron chi connectivity index (χ4n) is 2.53. The van der Waals surface area contributed by atoms with Gasteiger partial charge in [0.25, 0.3) is 11.6 Å². The molecule has 0 saturated carbocycles. The van der Waals surface area contributed by atoms with Gasteiger partial charge in [-0.2, -0.15) is 0 Å². The number of benzene rings is 2. The molecule has 1 N–H and O–H groups in total. The van der Waals surface area contributed by atoms with E-state index < -0.39 is 10.8 Å². The van der Waals surface area contributed by atoms with Gasteiger partial charge in [-0.15, -0.1) is 0 Å². The van der Waals surface area contributed by atoms with Crippen LogP contribution in [-0.4, -0.2) is 25.1 Å². The molecule has 0 atom stereocenters. The Kier molecular flexibility index (Phi) is 5.07. The number of carbonyl (C=O) groups excluding carboxylic acids is 1. The number of carbonyl (C=O) groups is 1. The molecule has 27 heavy (non-hydrogen) atoms. The molecule has 3 aromatic rings. The van der Waals surface area contributed by atoms with Gasteiger partial charge in [0.1, 0.15) is 17.3 Å². The van der Waals surface area contributed by atoms with Gasteiger partial charge in [-0.1, -0.05) is 12.1 Å². The average Bonchev–Trinajstić information content (AvgIpc) is 3.18. The number of nitro benzene ring substituents is 1. The Hall–Kier alpha value is -3.81. The molecule has 0 saturated heterocycles. The lowest BCUT2D eigenvalue weighted by atomic mass is 10.1. The Morgan fingerprint density at radius 2 is 1.85 bits per heavy atom. The Morgan fingerprint density at radius 3 is 2.56 bits per heavy atom. The van der Waals surface area contributed by atoms with Gasteiger partial charge in [-0.25, -0.2) is 0 Å². The van der Waals surface area contributed by atoms with Crippen molar-refractivity contribution in [2.75, 3.05) is 19.5 Å². The van der Waals surface area contributed by atoms with Crippen LogP contribution in [0.3, 0.4) is 0 Å². The largest absolute Gasteiger partial charge is 0.497 e. The van der Waals surface area contributed by atoms with Crippen molar-refractivity contribution in [3.63, 3.8) is 0 Å². The quantitative estimate of drug-likeness (QED) is 0.518. The van der Waals surface area contributed by atoms with E-state index in [0.717, 1.165) is 0 Å². The molecule has 0 spiro atoms. The third-order valence-corrected chi connectivity index (χ3v) is 3.85. The highest BCUT2D eigenvalue weighted by Gasteiger charge is 2.21. The van der Waals surface area contributed by atoms with E-state index in [1.807, 2.05) is 0 Å². The second-order valence-electron chi connectivity index (χ2n) is 5.46. The first-order valence-electron chi connectivity index (χ1n) is 7.90. The Labute approximate surface area is 154 Å². The van der Waals surface area contributed by atoms with Gasteiger partial charge in [-0.3, -0.25) is 14.9 Å². The number of hydrogen-bond acceptors (Lipinski definition) is 6. The number of methoxy groups -OCH3 is 2. The van der Waals surface area contributed by atoms with Gasteiger partial charge >= 0.3 is 0 Å². The summed E-state index contributed by atoms with van der Waals surface area (Å²) in [7, 11) is 2.92. The van der Waals surface area contributed by atoms with Crippen molar-refractivity contribution in [3.05, 3.63) is 70.5 Å². The summed E-state index contributed by atoms with van der Waals surface area (Å²) < 4.78 is 15.7. The van der Waals surface area contributed by atoms with Crippen molar-refractivity contribution in [1.29, 1.82) is 0 Å². The third kappa shape index (κ3) is 3.74. The number of amides is 1. The maximum Gasteiger partial charge on any atom is 0.291 e. The molecular weight excluding hydrogens is 352 g/mol. The molecule has 0 radical (unpaired) electrons. The standard InChI is InChI=1S/C19H16N2O6/c1-25-12-7-8-13(15(11-12)21(23)24)16-9-10-18(27-16)19(22)20-14-5-3-4-6-17(14)26-2/h3-11H,1-2H3,(H,20,22). The molecule has 8 nitrogen and oxygen atoms in total. The van der Waals surface area contributed by atoms with E-state index in [0.29, 0.717) is 17.2 Å². The van der Waals surface area contributed by atoms with E-state index in [1.165, 1.54) is 38.5 Å². The number of hydrogen-bond donors (Lipinski definition) is 1. The molecule has 2 aromatic carbocycles. The van der Waals surface area contributed by atoms with Crippen molar-refractivity contribution >= 4 is 17.3 Å². The molecule has 0 fully saturated rings. The second-order valence-corrected chi connectivity index (χ2v) is 5.46. The van der Waals surface area contributed by atoms with Gasteiger partial charge in [-0.05, 0) is 36.4 Å². The van der Waals surface area contributed by atoms with E-state index in [2.05, 4.69) is 5.32 Å². The van der Waals surface area contributed by atoms with Crippen molar-refractivity contribution in [2.45, 2.75) is 0 Å². The summed E-state index contributed by atoms with van der Waals surface area (Å²) in [6, 6.07) is 14.3. The van der Waals surface area contributed by atoms with Crippen molar-refractivity contribution in [2.24, 2.45) is 0 Å². The smallest absolute Gasteiger partial charge is 0.291 e. The van der Waals surface area contributed by atoms with Gasteiger partial charge in [0.15, 0.2) is 5.76 Å². The number of anilines is 1. The lowest BCUT2D eigenvalue weighted by Gasteiger charge is -2.08. The number of nitro groups is 1. The molecule has 3 rings (SSSR count). The van der Waals surface area contributed by atoms with E-state index >= 15 is 0 Å². The lowest BCUT2D eigenvalue weighted by Crippen LogP contribution is -2.11. The van der Waals surface area contributed by atoms with Crippen LogP contribution < -0.4 is 14.8 Å².